The van der Waals surface area contributed by atoms with Crippen LogP contribution >= 0.6 is 0 Å². The molecule has 0 aliphatic carbocycles. The van der Waals surface area contributed by atoms with Crippen molar-refractivity contribution in [2.24, 2.45) is 0 Å². The number of benzene rings is 1. The normalized spacial score (nSPS) is 12.5. The lowest BCUT2D eigenvalue weighted by molar-refractivity contribution is 0.272. The van der Waals surface area contributed by atoms with E-state index in [0.29, 0.717) is 0 Å². The van der Waals surface area contributed by atoms with Gasteiger partial charge in [0.05, 0.1) is 6.61 Å². The van der Waals surface area contributed by atoms with Gasteiger partial charge < -0.3 is 16.2 Å². The first-order valence-corrected chi connectivity index (χ1v) is 4.49. The molecule has 0 radical (unpaired) electrons. The van der Waals surface area contributed by atoms with Crippen molar-refractivity contribution in [3.05, 3.63) is 24.3 Å². The maximum atomic E-state index is 8.96. The number of hydrogen-bond acceptors (Lipinski definition) is 3. The molecule has 13 heavy (non-hydrogen) atoms. The molecule has 0 amide bonds. The van der Waals surface area contributed by atoms with Gasteiger partial charge in [0.25, 0.3) is 0 Å². The van der Waals surface area contributed by atoms with E-state index in [1.165, 1.54) is 0 Å². The van der Waals surface area contributed by atoms with E-state index in [4.69, 9.17) is 10.8 Å². The molecule has 3 nitrogen and oxygen atoms in total. The van der Waals surface area contributed by atoms with Crippen LogP contribution in [0.4, 0.5) is 11.4 Å². The van der Waals surface area contributed by atoms with Gasteiger partial charge in [0.2, 0.25) is 0 Å². The summed E-state index contributed by atoms with van der Waals surface area (Å²) in [6.07, 6.45) is 0.894. The zero-order valence-corrected chi connectivity index (χ0v) is 7.83. The van der Waals surface area contributed by atoms with Gasteiger partial charge in [-0.05, 0) is 24.6 Å². The molecular weight excluding hydrogens is 164 g/mol. The van der Waals surface area contributed by atoms with Crippen molar-refractivity contribution >= 4 is 11.4 Å². The molecule has 72 valence electrons. The highest BCUT2D eigenvalue weighted by atomic mass is 16.3. The molecule has 0 fully saturated rings. The molecule has 1 unspecified atom stereocenters. The number of anilines is 2. The van der Waals surface area contributed by atoms with Crippen LogP contribution in [0.1, 0.15) is 13.3 Å². The van der Waals surface area contributed by atoms with Crippen molar-refractivity contribution in [3.8, 4) is 0 Å². The molecule has 0 bridgehead atoms. The Morgan fingerprint density at radius 3 is 2.85 bits per heavy atom. The van der Waals surface area contributed by atoms with Crippen LogP contribution in [-0.4, -0.2) is 17.8 Å². The van der Waals surface area contributed by atoms with Crippen LogP contribution in [0.5, 0.6) is 0 Å². The number of hydrogen-bond donors (Lipinski definition) is 3. The second-order valence-corrected chi connectivity index (χ2v) is 3.06. The fourth-order valence-corrected chi connectivity index (χ4v) is 1.14. The molecule has 4 N–H and O–H groups in total. The third-order valence-electron chi connectivity index (χ3n) is 1.97. The molecule has 0 spiro atoms. The minimum absolute atomic E-state index is 0.113. The van der Waals surface area contributed by atoms with Crippen LogP contribution in [0.2, 0.25) is 0 Å². The lowest BCUT2D eigenvalue weighted by atomic mass is 10.2. The number of nitrogens with two attached hydrogens (primary N) is 1. The molecule has 1 atom stereocenters. The highest BCUT2D eigenvalue weighted by Crippen LogP contribution is 2.13. The second kappa shape index (κ2) is 4.72. The molecule has 0 saturated carbocycles. The Bertz CT molecular complexity index is 259. The number of aliphatic hydroxyl groups is 1. The van der Waals surface area contributed by atoms with Gasteiger partial charge in [-0.1, -0.05) is 13.0 Å². The maximum Gasteiger partial charge on any atom is 0.0632 e. The van der Waals surface area contributed by atoms with Gasteiger partial charge >= 0.3 is 0 Å². The molecule has 1 aromatic rings. The fourth-order valence-electron chi connectivity index (χ4n) is 1.14. The number of rotatable bonds is 4. The number of nitrogen functional groups attached to an aromatic ring is 1. The van der Waals surface area contributed by atoms with Gasteiger partial charge in [-0.3, -0.25) is 0 Å². The van der Waals surface area contributed by atoms with E-state index >= 15 is 0 Å². The molecular formula is C10H16N2O. The molecule has 0 saturated heterocycles. The van der Waals surface area contributed by atoms with Gasteiger partial charge in [0, 0.05) is 17.4 Å². The highest BCUT2D eigenvalue weighted by Gasteiger charge is 2.03. The van der Waals surface area contributed by atoms with E-state index in [0.717, 1.165) is 17.8 Å². The first-order chi connectivity index (χ1) is 6.26. The second-order valence-electron chi connectivity index (χ2n) is 3.06. The SMILES string of the molecule is CCC(CO)Nc1cccc(N)c1. The van der Waals surface area contributed by atoms with Crippen molar-refractivity contribution in [3.63, 3.8) is 0 Å². The summed E-state index contributed by atoms with van der Waals surface area (Å²) in [5, 5.41) is 12.2. The molecule has 3 heteroatoms. The fraction of sp³-hybridized carbons (Fsp3) is 0.400. The van der Waals surface area contributed by atoms with E-state index in [1.807, 2.05) is 31.2 Å². The quantitative estimate of drug-likeness (QED) is 0.615. The lowest BCUT2D eigenvalue weighted by Crippen LogP contribution is -2.22. The van der Waals surface area contributed by atoms with Gasteiger partial charge in [-0.25, -0.2) is 0 Å². The van der Waals surface area contributed by atoms with Crippen LogP contribution in [0.15, 0.2) is 24.3 Å². The van der Waals surface area contributed by atoms with E-state index in [-0.39, 0.29) is 12.6 Å². The van der Waals surface area contributed by atoms with Crippen LogP contribution in [-0.2, 0) is 0 Å². The van der Waals surface area contributed by atoms with Gasteiger partial charge in [0.1, 0.15) is 0 Å². The Morgan fingerprint density at radius 2 is 2.31 bits per heavy atom. The van der Waals surface area contributed by atoms with E-state index in [2.05, 4.69) is 5.32 Å². The summed E-state index contributed by atoms with van der Waals surface area (Å²) in [7, 11) is 0. The predicted octanol–water partition coefficient (Wildman–Crippen LogP) is 1.45. The summed E-state index contributed by atoms with van der Waals surface area (Å²) in [5.74, 6) is 0. The zero-order chi connectivity index (χ0) is 9.68. The average Bonchev–Trinajstić information content (AvgIpc) is 2.14. The first-order valence-electron chi connectivity index (χ1n) is 4.49. The number of nitrogens with one attached hydrogen (secondary N) is 1. The maximum absolute atomic E-state index is 8.96. The summed E-state index contributed by atoms with van der Waals surface area (Å²) < 4.78 is 0. The zero-order valence-electron chi connectivity index (χ0n) is 7.83. The predicted molar refractivity (Wildman–Crippen MR) is 55.6 cm³/mol. The van der Waals surface area contributed by atoms with Crippen molar-refractivity contribution in [1.29, 1.82) is 0 Å². The van der Waals surface area contributed by atoms with Crippen molar-refractivity contribution in [2.45, 2.75) is 19.4 Å². The van der Waals surface area contributed by atoms with Crippen molar-refractivity contribution in [1.82, 2.24) is 0 Å². The standard InChI is InChI=1S/C10H16N2O/c1-2-9(7-13)12-10-5-3-4-8(11)6-10/h3-6,9,12-13H,2,7,11H2,1H3. The van der Waals surface area contributed by atoms with Crippen LogP contribution in [0.25, 0.3) is 0 Å². The third-order valence-corrected chi connectivity index (χ3v) is 1.97. The highest BCUT2D eigenvalue weighted by molar-refractivity contribution is 5.54. The molecule has 1 rings (SSSR count). The molecule has 0 aliphatic rings. The monoisotopic (exact) mass is 180 g/mol. The first kappa shape index (κ1) is 9.86. The van der Waals surface area contributed by atoms with Gasteiger partial charge in [0.15, 0.2) is 0 Å². The number of aliphatic hydroxyl groups excluding tert-OH is 1. The summed E-state index contributed by atoms with van der Waals surface area (Å²) >= 11 is 0. The molecule has 1 aromatic carbocycles. The summed E-state index contributed by atoms with van der Waals surface area (Å²) in [5.41, 5.74) is 7.31. The molecule has 0 aromatic heterocycles. The van der Waals surface area contributed by atoms with E-state index in [9.17, 15) is 0 Å². The summed E-state index contributed by atoms with van der Waals surface area (Å²) in [4.78, 5) is 0. The topological polar surface area (TPSA) is 58.3 Å². The molecule has 0 heterocycles. The third kappa shape index (κ3) is 2.95. The Balaban J connectivity index is 2.62. The van der Waals surface area contributed by atoms with E-state index in [1.54, 1.807) is 0 Å². The summed E-state index contributed by atoms with van der Waals surface area (Å²) in [6, 6.07) is 7.64. The Morgan fingerprint density at radius 1 is 1.54 bits per heavy atom. The van der Waals surface area contributed by atoms with E-state index < -0.39 is 0 Å². The molecule has 0 aliphatic heterocycles. The lowest BCUT2D eigenvalue weighted by Gasteiger charge is -2.15. The minimum atomic E-state index is 0.113. The van der Waals surface area contributed by atoms with Crippen molar-refractivity contribution < 1.29 is 5.11 Å². The largest absolute Gasteiger partial charge is 0.399 e. The summed E-state index contributed by atoms with van der Waals surface area (Å²) in [6.45, 7) is 2.17. The Kier molecular flexibility index (Phi) is 3.58. The van der Waals surface area contributed by atoms with Gasteiger partial charge in [-0.2, -0.15) is 0 Å². The smallest absolute Gasteiger partial charge is 0.0632 e. The Labute approximate surface area is 78.6 Å². The Hall–Kier alpha value is -1.22. The van der Waals surface area contributed by atoms with Crippen LogP contribution < -0.4 is 11.1 Å². The van der Waals surface area contributed by atoms with Crippen LogP contribution in [0, 0.1) is 0 Å². The van der Waals surface area contributed by atoms with Crippen molar-refractivity contribution in [2.75, 3.05) is 17.7 Å². The average molecular weight is 180 g/mol. The minimum Gasteiger partial charge on any atom is -0.399 e. The van der Waals surface area contributed by atoms with Crippen LogP contribution in [0.3, 0.4) is 0 Å². The van der Waals surface area contributed by atoms with Gasteiger partial charge in [-0.15, -0.1) is 0 Å².